The summed E-state index contributed by atoms with van der Waals surface area (Å²) in [7, 11) is 0. The van der Waals surface area contributed by atoms with E-state index in [4.69, 9.17) is 4.98 Å². The molecule has 1 amide bonds. The molecule has 0 radical (unpaired) electrons. The second-order valence-corrected chi connectivity index (χ2v) is 9.84. The SMILES string of the molecule is C=CCn1c(SCC(=O)Nc2c(C)nn(-c3ccccc3)c2C)nc2sc(C)c(C)c2c1=O. The fraction of sp³-hybridized carbons (Fsp3) is 0.250. The van der Waals surface area contributed by atoms with E-state index in [1.807, 2.05) is 62.7 Å². The third-order valence-corrected chi connectivity index (χ3v) is 7.53. The molecule has 0 fully saturated rings. The van der Waals surface area contributed by atoms with Crippen LogP contribution in [0.4, 0.5) is 5.69 Å². The molecule has 33 heavy (non-hydrogen) atoms. The molecule has 7 nitrogen and oxygen atoms in total. The number of thiophene rings is 1. The lowest BCUT2D eigenvalue weighted by Crippen LogP contribution is -2.23. The smallest absolute Gasteiger partial charge is 0.263 e. The topological polar surface area (TPSA) is 81.8 Å². The van der Waals surface area contributed by atoms with E-state index in [1.54, 1.807) is 10.6 Å². The molecule has 170 valence electrons. The number of carbonyl (C=O) groups excluding carboxylic acids is 1. The lowest BCUT2D eigenvalue weighted by atomic mass is 10.2. The maximum Gasteiger partial charge on any atom is 0.263 e. The number of aromatic nitrogens is 4. The Bertz CT molecular complexity index is 1420. The number of thioether (sulfide) groups is 1. The van der Waals surface area contributed by atoms with Crippen LogP contribution in [-0.2, 0) is 11.3 Å². The number of rotatable bonds is 7. The molecule has 0 aliphatic heterocycles. The van der Waals surface area contributed by atoms with E-state index < -0.39 is 0 Å². The van der Waals surface area contributed by atoms with Gasteiger partial charge in [-0.2, -0.15) is 5.10 Å². The average Bonchev–Trinajstić information content (AvgIpc) is 3.24. The number of nitrogens with zero attached hydrogens (tertiary/aromatic N) is 4. The number of para-hydroxylation sites is 1. The van der Waals surface area contributed by atoms with E-state index in [0.717, 1.165) is 27.5 Å². The van der Waals surface area contributed by atoms with Crippen LogP contribution in [0.1, 0.15) is 21.8 Å². The Balaban J connectivity index is 1.56. The van der Waals surface area contributed by atoms with Crippen molar-refractivity contribution in [1.29, 1.82) is 0 Å². The molecule has 0 saturated heterocycles. The van der Waals surface area contributed by atoms with Gasteiger partial charge in [0.2, 0.25) is 5.91 Å². The van der Waals surface area contributed by atoms with E-state index in [2.05, 4.69) is 17.0 Å². The zero-order valence-electron chi connectivity index (χ0n) is 19.0. The van der Waals surface area contributed by atoms with Crippen LogP contribution in [0.15, 0.2) is 52.9 Å². The van der Waals surface area contributed by atoms with Gasteiger partial charge in [0, 0.05) is 11.4 Å². The average molecular weight is 480 g/mol. The molecule has 0 spiro atoms. The van der Waals surface area contributed by atoms with Gasteiger partial charge in [0.25, 0.3) is 5.56 Å². The van der Waals surface area contributed by atoms with Crippen LogP contribution in [0.25, 0.3) is 15.9 Å². The number of carbonyl (C=O) groups is 1. The fourth-order valence-corrected chi connectivity index (χ4v) is 5.54. The van der Waals surface area contributed by atoms with Crippen molar-refractivity contribution in [3.05, 3.63) is 75.2 Å². The Labute approximate surface area is 200 Å². The summed E-state index contributed by atoms with van der Waals surface area (Å²) in [4.78, 5) is 32.4. The van der Waals surface area contributed by atoms with Crippen molar-refractivity contribution >= 4 is 44.9 Å². The predicted octanol–water partition coefficient (Wildman–Crippen LogP) is 4.79. The highest BCUT2D eigenvalue weighted by molar-refractivity contribution is 7.99. The highest BCUT2D eigenvalue weighted by Gasteiger charge is 2.19. The molecule has 0 unspecified atom stereocenters. The first-order valence-electron chi connectivity index (χ1n) is 10.5. The minimum atomic E-state index is -0.183. The number of aryl methyl sites for hydroxylation is 3. The molecule has 4 aromatic rings. The number of amides is 1. The summed E-state index contributed by atoms with van der Waals surface area (Å²) >= 11 is 2.75. The standard InChI is InChI=1S/C24H25N5O2S2/c1-6-12-28-23(31)20-14(2)17(5)33-22(20)26-24(28)32-13-19(30)25-21-15(3)27-29(16(21)4)18-10-8-7-9-11-18/h6-11H,1,12-13H2,2-5H3,(H,25,30). The minimum absolute atomic E-state index is 0.0968. The molecule has 0 saturated carbocycles. The number of hydrogen-bond acceptors (Lipinski definition) is 6. The van der Waals surface area contributed by atoms with Crippen molar-refractivity contribution in [3.63, 3.8) is 0 Å². The molecule has 4 rings (SSSR count). The molecule has 0 aliphatic rings. The Morgan fingerprint density at radius 2 is 1.94 bits per heavy atom. The summed E-state index contributed by atoms with van der Waals surface area (Å²) in [5.41, 5.74) is 4.08. The van der Waals surface area contributed by atoms with Crippen LogP contribution < -0.4 is 10.9 Å². The number of allylic oxidation sites excluding steroid dienone is 1. The summed E-state index contributed by atoms with van der Waals surface area (Å²) in [6, 6.07) is 9.78. The van der Waals surface area contributed by atoms with Gasteiger partial charge in [-0.05, 0) is 45.4 Å². The number of hydrogen-bond donors (Lipinski definition) is 1. The first kappa shape index (κ1) is 23.0. The zero-order chi connectivity index (χ0) is 23.7. The summed E-state index contributed by atoms with van der Waals surface area (Å²) in [5, 5.41) is 8.71. The van der Waals surface area contributed by atoms with Crippen LogP contribution in [-0.4, -0.2) is 31.0 Å². The van der Waals surface area contributed by atoms with Crippen molar-refractivity contribution in [1.82, 2.24) is 19.3 Å². The van der Waals surface area contributed by atoms with Gasteiger partial charge in [0.1, 0.15) is 4.83 Å². The zero-order valence-corrected chi connectivity index (χ0v) is 20.6. The lowest BCUT2D eigenvalue weighted by Gasteiger charge is -2.11. The van der Waals surface area contributed by atoms with Gasteiger partial charge in [-0.3, -0.25) is 14.2 Å². The quantitative estimate of drug-likeness (QED) is 0.234. The van der Waals surface area contributed by atoms with Crippen molar-refractivity contribution < 1.29 is 4.79 Å². The number of nitrogens with one attached hydrogen (secondary N) is 1. The summed E-state index contributed by atoms with van der Waals surface area (Å²) in [6.45, 7) is 11.8. The molecule has 3 heterocycles. The highest BCUT2D eigenvalue weighted by atomic mass is 32.2. The largest absolute Gasteiger partial charge is 0.322 e. The molecule has 0 atom stereocenters. The normalized spacial score (nSPS) is 11.2. The lowest BCUT2D eigenvalue weighted by molar-refractivity contribution is -0.113. The highest BCUT2D eigenvalue weighted by Crippen LogP contribution is 2.29. The number of fused-ring (bicyclic) bond motifs is 1. The van der Waals surface area contributed by atoms with Gasteiger partial charge in [0.15, 0.2) is 5.16 Å². The summed E-state index contributed by atoms with van der Waals surface area (Å²) in [5.74, 6) is -0.0646. The van der Waals surface area contributed by atoms with Crippen molar-refractivity contribution in [2.75, 3.05) is 11.1 Å². The number of benzene rings is 1. The Morgan fingerprint density at radius 1 is 1.21 bits per heavy atom. The molecule has 3 aromatic heterocycles. The first-order chi connectivity index (χ1) is 15.8. The second-order valence-electron chi connectivity index (χ2n) is 7.69. The second kappa shape index (κ2) is 9.36. The van der Waals surface area contributed by atoms with Gasteiger partial charge in [-0.15, -0.1) is 17.9 Å². The van der Waals surface area contributed by atoms with Gasteiger partial charge in [-0.1, -0.05) is 36.0 Å². The van der Waals surface area contributed by atoms with Crippen LogP contribution >= 0.6 is 23.1 Å². The van der Waals surface area contributed by atoms with E-state index in [9.17, 15) is 9.59 Å². The Kier molecular flexibility index (Phi) is 6.53. The molecule has 1 N–H and O–H groups in total. The third-order valence-electron chi connectivity index (χ3n) is 5.45. The van der Waals surface area contributed by atoms with Crippen molar-refractivity contribution in [2.24, 2.45) is 0 Å². The maximum absolute atomic E-state index is 13.1. The van der Waals surface area contributed by atoms with Crippen LogP contribution in [0, 0.1) is 27.7 Å². The van der Waals surface area contributed by atoms with Gasteiger partial charge >= 0.3 is 0 Å². The molecular formula is C24H25N5O2S2. The molecule has 0 bridgehead atoms. The van der Waals surface area contributed by atoms with Gasteiger partial charge in [0.05, 0.1) is 33.9 Å². The molecular weight excluding hydrogens is 454 g/mol. The first-order valence-corrected chi connectivity index (χ1v) is 12.3. The minimum Gasteiger partial charge on any atom is -0.322 e. The fourth-order valence-electron chi connectivity index (χ4n) is 3.66. The van der Waals surface area contributed by atoms with Crippen LogP contribution in [0.2, 0.25) is 0 Å². The van der Waals surface area contributed by atoms with Gasteiger partial charge < -0.3 is 5.32 Å². The Hall–Kier alpha value is -3.17. The maximum atomic E-state index is 13.1. The summed E-state index contributed by atoms with van der Waals surface area (Å²) in [6.07, 6.45) is 1.66. The van der Waals surface area contributed by atoms with E-state index in [0.29, 0.717) is 27.6 Å². The van der Waals surface area contributed by atoms with Crippen molar-refractivity contribution in [2.45, 2.75) is 39.4 Å². The Morgan fingerprint density at radius 3 is 2.64 bits per heavy atom. The number of anilines is 1. The van der Waals surface area contributed by atoms with E-state index >= 15 is 0 Å². The molecule has 9 heteroatoms. The van der Waals surface area contributed by atoms with E-state index in [-0.39, 0.29) is 17.2 Å². The van der Waals surface area contributed by atoms with Crippen LogP contribution in [0.3, 0.4) is 0 Å². The predicted molar refractivity (Wildman–Crippen MR) is 136 cm³/mol. The van der Waals surface area contributed by atoms with Crippen LogP contribution in [0.5, 0.6) is 0 Å². The molecule has 1 aromatic carbocycles. The van der Waals surface area contributed by atoms with E-state index in [1.165, 1.54) is 23.1 Å². The van der Waals surface area contributed by atoms with Gasteiger partial charge in [-0.25, -0.2) is 9.67 Å². The molecule has 0 aliphatic carbocycles. The third kappa shape index (κ3) is 4.38. The van der Waals surface area contributed by atoms with Crippen molar-refractivity contribution in [3.8, 4) is 5.69 Å². The monoisotopic (exact) mass is 479 g/mol. The summed E-state index contributed by atoms with van der Waals surface area (Å²) < 4.78 is 3.40.